The average molecular weight is 543 g/mol. The van der Waals surface area contributed by atoms with Gasteiger partial charge in [-0.25, -0.2) is 0 Å². The largest absolute Gasteiger partial charge is 0.493 e. The SMILES string of the molecule is CN=C(NCC1(c2ccc(OC)c(OC)c2)CCCCC1)N1CCC2(CCOC2)C1.I. The van der Waals surface area contributed by atoms with Crippen LogP contribution in [0.4, 0.5) is 0 Å². The minimum Gasteiger partial charge on any atom is -0.493 e. The maximum atomic E-state index is 5.70. The Morgan fingerprint density at radius 3 is 2.52 bits per heavy atom. The molecule has 0 bridgehead atoms. The van der Waals surface area contributed by atoms with Crippen LogP contribution in [0.25, 0.3) is 0 Å². The molecule has 1 unspecified atom stereocenters. The van der Waals surface area contributed by atoms with E-state index in [0.29, 0.717) is 5.41 Å². The molecule has 0 amide bonds. The third-order valence-electron chi connectivity index (χ3n) is 7.53. The summed E-state index contributed by atoms with van der Waals surface area (Å²) in [6.45, 7) is 4.82. The quantitative estimate of drug-likeness (QED) is 0.343. The normalized spacial score (nSPS) is 25.4. The van der Waals surface area contributed by atoms with E-state index < -0.39 is 0 Å². The van der Waals surface area contributed by atoms with Gasteiger partial charge in [-0.1, -0.05) is 25.3 Å². The van der Waals surface area contributed by atoms with Crippen LogP contribution in [-0.2, 0) is 10.2 Å². The highest BCUT2D eigenvalue weighted by Crippen LogP contribution is 2.42. The van der Waals surface area contributed by atoms with Gasteiger partial charge >= 0.3 is 0 Å². The molecule has 2 aliphatic heterocycles. The summed E-state index contributed by atoms with van der Waals surface area (Å²) in [5.41, 5.74) is 1.77. The molecule has 0 radical (unpaired) electrons. The number of nitrogens with one attached hydrogen (secondary N) is 1. The summed E-state index contributed by atoms with van der Waals surface area (Å²) in [6.07, 6.45) is 8.59. The van der Waals surface area contributed by atoms with E-state index in [0.717, 1.165) is 50.3 Å². The number of hydrogen-bond donors (Lipinski definition) is 1. The zero-order valence-electron chi connectivity index (χ0n) is 19.2. The Balaban J connectivity index is 0.00000272. The Morgan fingerprint density at radius 2 is 1.87 bits per heavy atom. The van der Waals surface area contributed by atoms with Gasteiger partial charge in [0.2, 0.25) is 0 Å². The van der Waals surface area contributed by atoms with Crippen molar-refractivity contribution in [3.63, 3.8) is 0 Å². The molecule has 1 saturated carbocycles. The lowest BCUT2D eigenvalue weighted by Gasteiger charge is -2.39. The van der Waals surface area contributed by atoms with E-state index >= 15 is 0 Å². The van der Waals surface area contributed by atoms with Crippen LogP contribution in [0.1, 0.15) is 50.5 Å². The van der Waals surface area contributed by atoms with Crippen molar-refractivity contribution in [3.8, 4) is 11.5 Å². The fraction of sp³-hybridized carbons (Fsp3) is 0.708. The van der Waals surface area contributed by atoms with Crippen molar-refractivity contribution in [1.82, 2.24) is 10.2 Å². The maximum absolute atomic E-state index is 5.70. The molecule has 3 aliphatic rings. The fourth-order valence-corrected chi connectivity index (χ4v) is 5.63. The summed E-state index contributed by atoms with van der Waals surface area (Å²) in [7, 11) is 5.31. The summed E-state index contributed by atoms with van der Waals surface area (Å²) < 4.78 is 16.8. The predicted octanol–water partition coefficient (Wildman–Crippen LogP) is 4.21. The highest BCUT2D eigenvalue weighted by Gasteiger charge is 2.42. The lowest BCUT2D eigenvalue weighted by Crippen LogP contribution is -2.48. The minimum absolute atomic E-state index is 0. The van der Waals surface area contributed by atoms with Gasteiger partial charge in [-0.2, -0.15) is 0 Å². The Kier molecular flexibility index (Phi) is 8.35. The zero-order chi connectivity index (χ0) is 21.0. The molecular formula is C24H38IN3O3. The van der Waals surface area contributed by atoms with Crippen molar-refractivity contribution in [2.24, 2.45) is 10.4 Å². The Hall–Kier alpha value is -1.22. The number of methoxy groups -OCH3 is 2. The van der Waals surface area contributed by atoms with E-state index in [1.807, 2.05) is 13.1 Å². The topological polar surface area (TPSA) is 55.3 Å². The monoisotopic (exact) mass is 543 g/mol. The third-order valence-corrected chi connectivity index (χ3v) is 7.53. The summed E-state index contributed by atoms with van der Waals surface area (Å²) >= 11 is 0. The molecule has 1 aromatic rings. The number of rotatable bonds is 5. The molecule has 1 spiro atoms. The molecule has 0 aromatic heterocycles. The van der Waals surface area contributed by atoms with Gasteiger partial charge in [0.1, 0.15) is 0 Å². The molecule has 31 heavy (non-hydrogen) atoms. The van der Waals surface area contributed by atoms with Crippen LogP contribution in [0.2, 0.25) is 0 Å². The van der Waals surface area contributed by atoms with Crippen LogP contribution in [0.3, 0.4) is 0 Å². The number of benzene rings is 1. The maximum Gasteiger partial charge on any atom is 0.193 e. The summed E-state index contributed by atoms with van der Waals surface area (Å²) in [5.74, 6) is 2.63. The highest BCUT2D eigenvalue weighted by molar-refractivity contribution is 14.0. The van der Waals surface area contributed by atoms with Crippen LogP contribution in [0, 0.1) is 5.41 Å². The average Bonchev–Trinajstić information content (AvgIpc) is 3.44. The summed E-state index contributed by atoms with van der Waals surface area (Å²) in [6, 6.07) is 6.44. The van der Waals surface area contributed by atoms with E-state index in [9.17, 15) is 0 Å². The van der Waals surface area contributed by atoms with Crippen LogP contribution >= 0.6 is 24.0 Å². The van der Waals surface area contributed by atoms with Crippen LogP contribution in [0.15, 0.2) is 23.2 Å². The second kappa shape index (κ2) is 10.6. The molecular weight excluding hydrogens is 505 g/mol. The number of hydrogen-bond acceptors (Lipinski definition) is 4. The molecule has 6 nitrogen and oxygen atoms in total. The molecule has 2 heterocycles. The van der Waals surface area contributed by atoms with Crippen LogP contribution < -0.4 is 14.8 Å². The molecule has 1 N–H and O–H groups in total. The van der Waals surface area contributed by atoms with Gasteiger partial charge in [0.05, 0.1) is 20.8 Å². The van der Waals surface area contributed by atoms with Gasteiger partial charge in [0.15, 0.2) is 17.5 Å². The second-order valence-corrected chi connectivity index (χ2v) is 9.29. The predicted molar refractivity (Wildman–Crippen MR) is 135 cm³/mol. The number of aliphatic imine (C=N–C) groups is 1. The Morgan fingerprint density at radius 1 is 1.10 bits per heavy atom. The van der Waals surface area contributed by atoms with Crippen molar-refractivity contribution in [1.29, 1.82) is 0 Å². The number of halogens is 1. The van der Waals surface area contributed by atoms with Crippen molar-refractivity contribution in [2.75, 3.05) is 54.1 Å². The first-order valence-electron chi connectivity index (χ1n) is 11.4. The van der Waals surface area contributed by atoms with Crippen molar-refractivity contribution in [2.45, 2.75) is 50.4 Å². The minimum atomic E-state index is 0. The first-order valence-corrected chi connectivity index (χ1v) is 11.4. The number of ether oxygens (including phenoxy) is 3. The lowest BCUT2D eigenvalue weighted by molar-refractivity contribution is 0.156. The van der Waals surface area contributed by atoms with Gasteiger partial charge < -0.3 is 24.4 Å². The molecule has 174 valence electrons. The molecule has 7 heteroatoms. The fourth-order valence-electron chi connectivity index (χ4n) is 5.63. The van der Waals surface area contributed by atoms with Crippen LogP contribution in [0.5, 0.6) is 11.5 Å². The first kappa shape index (κ1) is 24.4. The molecule has 2 saturated heterocycles. The van der Waals surface area contributed by atoms with Crippen molar-refractivity contribution in [3.05, 3.63) is 23.8 Å². The molecule has 1 aliphatic carbocycles. The molecule has 4 rings (SSSR count). The Labute approximate surface area is 204 Å². The lowest BCUT2D eigenvalue weighted by atomic mass is 9.69. The number of guanidine groups is 1. The smallest absolute Gasteiger partial charge is 0.193 e. The first-order chi connectivity index (χ1) is 14.6. The van der Waals surface area contributed by atoms with E-state index in [1.54, 1.807) is 14.2 Å². The van der Waals surface area contributed by atoms with Crippen molar-refractivity contribution >= 4 is 29.9 Å². The molecule has 1 atom stereocenters. The second-order valence-electron chi connectivity index (χ2n) is 9.29. The van der Waals surface area contributed by atoms with Gasteiger partial charge in [-0.15, -0.1) is 24.0 Å². The van der Waals surface area contributed by atoms with Crippen LogP contribution in [-0.4, -0.2) is 65.0 Å². The third kappa shape index (κ3) is 5.07. The molecule has 3 fully saturated rings. The van der Waals surface area contributed by atoms with Gasteiger partial charge in [0.25, 0.3) is 0 Å². The van der Waals surface area contributed by atoms with Gasteiger partial charge in [-0.3, -0.25) is 4.99 Å². The van der Waals surface area contributed by atoms with Crippen molar-refractivity contribution < 1.29 is 14.2 Å². The van der Waals surface area contributed by atoms with E-state index in [1.165, 1.54) is 50.5 Å². The van der Waals surface area contributed by atoms with Gasteiger partial charge in [-0.05, 0) is 43.4 Å². The summed E-state index contributed by atoms with van der Waals surface area (Å²) in [5, 5.41) is 3.76. The number of nitrogens with zero attached hydrogens (tertiary/aromatic N) is 2. The zero-order valence-corrected chi connectivity index (χ0v) is 21.6. The number of likely N-dealkylation sites (tertiary alicyclic amines) is 1. The highest BCUT2D eigenvalue weighted by atomic mass is 127. The van der Waals surface area contributed by atoms with E-state index in [4.69, 9.17) is 14.2 Å². The standard InChI is InChI=1S/C24H37N3O3.HI/c1-25-22(27-13-11-23(17-27)12-14-30-18-23)26-16-24(9-5-4-6-10-24)19-7-8-20(28-2)21(15-19)29-3;/h7-8,15H,4-6,9-14,16-18H2,1-3H3,(H,25,26);1H. The van der Waals surface area contributed by atoms with Gasteiger partial charge in [0, 0.05) is 44.1 Å². The Bertz CT molecular complexity index is 758. The van der Waals surface area contributed by atoms with E-state index in [2.05, 4.69) is 27.3 Å². The molecule has 1 aromatic carbocycles. The van der Waals surface area contributed by atoms with E-state index in [-0.39, 0.29) is 29.4 Å². The summed E-state index contributed by atoms with van der Waals surface area (Å²) in [4.78, 5) is 7.07.